The zero-order chi connectivity index (χ0) is 22.9. The third-order valence-corrected chi connectivity index (χ3v) is 6.12. The van der Waals surface area contributed by atoms with Gasteiger partial charge in [-0.25, -0.2) is 9.97 Å². The van der Waals surface area contributed by atoms with Gasteiger partial charge in [-0.2, -0.15) is 4.98 Å². The van der Waals surface area contributed by atoms with Crippen LogP contribution in [-0.2, 0) is 6.42 Å². The molecule has 0 radical (unpaired) electrons. The van der Waals surface area contributed by atoms with E-state index in [9.17, 15) is 0 Å². The van der Waals surface area contributed by atoms with Crippen molar-refractivity contribution in [2.45, 2.75) is 18.8 Å². The summed E-state index contributed by atoms with van der Waals surface area (Å²) in [6.45, 7) is 0. The summed E-state index contributed by atoms with van der Waals surface area (Å²) < 4.78 is 7.44. The van der Waals surface area contributed by atoms with Gasteiger partial charge < -0.3 is 19.5 Å². The highest BCUT2D eigenvalue weighted by Crippen LogP contribution is 2.41. The fourth-order valence-electron chi connectivity index (χ4n) is 4.41. The van der Waals surface area contributed by atoms with E-state index < -0.39 is 0 Å². The molecule has 0 unspecified atom stereocenters. The zero-order valence-electron chi connectivity index (χ0n) is 18.8. The molecule has 0 spiro atoms. The molecule has 33 heavy (non-hydrogen) atoms. The van der Waals surface area contributed by atoms with Gasteiger partial charge >= 0.3 is 0 Å². The molecule has 0 bridgehead atoms. The number of hydrogen-bond donors (Lipinski definition) is 1. The van der Waals surface area contributed by atoms with Crippen molar-refractivity contribution in [3.05, 3.63) is 83.0 Å². The molecule has 168 valence electrons. The molecule has 0 saturated heterocycles. The molecule has 1 N–H and O–H groups in total. The first-order valence-electron chi connectivity index (χ1n) is 10.8. The lowest BCUT2D eigenvalue weighted by Crippen LogP contribution is -2.16. The number of ether oxygens (including phenoxy) is 1. The normalized spacial score (nSPS) is 14.7. The monoisotopic (exact) mass is 460 g/mol. The molecule has 0 amide bonds. The lowest BCUT2D eigenvalue weighted by molar-refractivity contribution is 0.413. The topological polar surface area (TPSA) is 68.1 Å². The van der Waals surface area contributed by atoms with Crippen molar-refractivity contribution in [2.75, 3.05) is 31.4 Å². The Morgan fingerprint density at radius 2 is 1.94 bits per heavy atom. The molecule has 0 aliphatic heterocycles. The second-order valence-electron chi connectivity index (χ2n) is 8.25. The Morgan fingerprint density at radius 1 is 1.12 bits per heavy atom. The minimum absolute atomic E-state index is 0.270. The number of benzene rings is 2. The SMILES string of the molecule is COc1cc(Nc2nc3c(c(N(C)C)n2)CC[C@@H]3c2ccccc2)ccc1-n1cnc(Cl)c1. The maximum Gasteiger partial charge on any atom is 0.229 e. The van der Waals surface area contributed by atoms with Gasteiger partial charge in [0.05, 0.1) is 18.5 Å². The summed E-state index contributed by atoms with van der Waals surface area (Å²) in [6, 6.07) is 16.4. The highest BCUT2D eigenvalue weighted by atomic mass is 35.5. The molecule has 1 atom stereocenters. The van der Waals surface area contributed by atoms with Crippen molar-refractivity contribution in [1.82, 2.24) is 19.5 Å². The third-order valence-electron chi connectivity index (χ3n) is 5.92. The summed E-state index contributed by atoms with van der Waals surface area (Å²) in [5, 5.41) is 3.81. The van der Waals surface area contributed by atoms with Gasteiger partial charge in [0.1, 0.15) is 23.0 Å². The van der Waals surface area contributed by atoms with Crippen molar-refractivity contribution in [3.8, 4) is 11.4 Å². The Kier molecular flexibility index (Phi) is 5.64. The van der Waals surface area contributed by atoms with Crippen LogP contribution in [0.2, 0.25) is 5.15 Å². The Morgan fingerprint density at radius 3 is 2.64 bits per heavy atom. The van der Waals surface area contributed by atoms with Gasteiger partial charge in [0.15, 0.2) is 0 Å². The second kappa shape index (κ2) is 8.75. The summed E-state index contributed by atoms with van der Waals surface area (Å²) >= 11 is 5.98. The molecule has 2 aromatic carbocycles. The number of imidazole rings is 1. The molecule has 4 aromatic rings. The van der Waals surface area contributed by atoms with Gasteiger partial charge in [0.25, 0.3) is 0 Å². The first kappa shape index (κ1) is 21.3. The van der Waals surface area contributed by atoms with Gasteiger partial charge in [0, 0.05) is 43.5 Å². The standard InChI is InChI=1S/C25H25ClN6O/c1-31(2)24-19-11-10-18(16-7-5-4-6-8-16)23(19)29-25(30-24)28-17-9-12-20(21(13-17)33-3)32-14-22(26)27-15-32/h4-9,12-15,18H,10-11H2,1-3H3,(H,28,29,30)/t18-/m1/s1. The van der Waals surface area contributed by atoms with E-state index in [1.165, 1.54) is 11.1 Å². The number of nitrogens with zero attached hydrogens (tertiary/aromatic N) is 5. The van der Waals surface area contributed by atoms with E-state index in [1.54, 1.807) is 19.6 Å². The number of fused-ring (bicyclic) bond motifs is 1. The first-order valence-corrected chi connectivity index (χ1v) is 11.2. The number of methoxy groups -OCH3 is 1. The minimum Gasteiger partial charge on any atom is -0.494 e. The fourth-order valence-corrected chi connectivity index (χ4v) is 4.56. The lowest BCUT2D eigenvalue weighted by Gasteiger charge is -2.19. The van der Waals surface area contributed by atoms with Crippen LogP contribution in [0.1, 0.15) is 29.2 Å². The van der Waals surface area contributed by atoms with Crippen molar-refractivity contribution in [1.29, 1.82) is 0 Å². The van der Waals surface area contributed by atoms with E-state index in [2.05, 4.69) is 39.5 Å². The second-order valence-corrected chi connectivity index (χ2v) is 8.63. The van der Waals surface area contributed by atoms with Crippen molar-refractivity contribution >= 4 is 29.1 Å². The Hall–Kier alpha value is -3.58. The Labute approximate surface area is 198 Å². The molecule has 1 aliphatic rings. The van der Waals surface area contributed by atoms with Gasteiger partial charge in [-0.3, -0.25) is 0 Å². The average Bonchev–Trinajstić information content (AvgIpc) is 3.45. The smallest absolute Gasteiger partial charge is 0.229 e. The quantitative estimate of drug-likeness (QED) is 0.426. The third kappa shape index (κ3) is 4.12. The summed E-state index contributed by atoms with van der Waals surface area (Å²) in [6.07, 6.45) is 5.40. The largest absolute Gasteiger partial charge is 0.494 e. The maximum atomic E-state index is 5.98. The molecule has 1 aliphatic carbocycles. The van der Waals surface area contributed by atoms with Crippen LogP contribution < -0.4 is 15.0 Å². The average molecular weight is 461 g/mol. The van der Waals surface area contributed by atoms with Crippen LogP contribution in [0.5, 0.6) is 5.75 Å². The summed E-state index contributed by atoms with van der Waals surface area (Å²) in [5.74, 6) is 2.48. The molecule has 2 heterocycles. The summed E-state index contributed by atoms with van der Waals surface area (Å²) in [7, 11) is 5.69. The van der Waals surface area contributed by atoms with Crippen LogP contribution in [0.25, 0.3) is 5.69 Å². The van der Waals surface area contributed by atoms with E-state index in [0.29, 0.717) is 16.9 Å². The number of hydrogen-bond acceptors (Lipinski definition) is 6. The van der Waals surface area contributed by atoms with Crippen LogP contribution in [0.4, 0.5) is 17.5 Å². The molecule has 2 aromatic heterocycles. The van der Waals surface area contributed by atoms with E-state index in [1.807, 2.05) is 42.9 Å². The fraction of sp³-hybridized carbons (Fsp3) is 0.240. The van der Waals surface area contributed by atoms with Gasteiger partial charge in [0.2, 0.25) is 5.95 Å². The van der Waals surface area contributed by atoms with Gasteiger partial charge in [-0.1, -0.05) is 41.9 Å². The van der Waals surface area contributed by atoms with Crippen LogP contribution in [0.15, 0.2) is 61.1 Å². The van der Waals surface area contributed by atoms with Gasteiger partial charge in [-0.15, -0.1) is 0 Å². The summed E-state index contributed by atoms with van der Waals surface area (Å²) in [5.41, 5.74) is 5.29. The molecular formula is C25H25ClN6O. The van der Waals surface area contributed by atoms with E-state index >= 15 is 0 Å². The van der Waals surface area contributed by atoms with Gasteiger partial charge in [-0.05, 0) is 30.5 Å². The van der Waals surface area contributed by atoms with Crippen molar-refractivity contribution in [2.24, 2.45) is 0 Å². The highest BCUT2D eigenvalue weighted by molar-refractivity contribution is 6.29. The van der Waals surface area contributed by atoms with E-state index in [-0.39, 0.29) is 5.92 Å². The van der Waals surface area contributed by atoms with Crippen LogP contribution in [0.3, 0.4) is 0 Å². The molecule has 7 nitrogen and oxygen atoms in total. The number of rotatable bonds is 6. The number of aromatic nitrogens is 4. The predicted molar refractivity (Wildman–Crippen MR) is 131 cm³/mol. The molecular weight excluding hydrogens is 436 g/mol. The number of anilines is 3. The number of halogens is 1. The molecule has 0 saturated carbocycles. The van der Waals surface area contributed by atoms with E-state index in [4.69, 9.17) is 26.3 Å². The summed E-state index contributed by atoms with van der Waals surface area (Å²) in [4.78, 5) is 15.9. The molecule has 5 rings (SSSR count). The van der Waals surface area contributed by atoms with E-state index in [0.717, 1.165) is 35.7 Å². The number of nitrogens with one attached hydrogen (secondary N) is 1. The maximum absolute atomic E-state index is 5.98. The molecule has 0 fully saturated rings. The van der Waals surface area contributed by atoms with Crippen molar-refractivity contribution < 1.29 is 4.74 Å². The Bertz CT molecular complexity index is 1290. The predicted octanol–water partition coefficient (Wildman–Crippen LogP) is 5.21. The van der Waals surface area contributed by atoms with Crippen LogP contribution >= 0.6 is 11.6 Å². The Balaban J connectivity index is 1.51. The minimum atomic E-state index is 0.270. The lowest BCUT2D eigenvalue weighted by atomic mass is 9.97. The van der Waals surface area contributed by atoms with Crippen molar-refractivity contribution in [3.63, 3.8) is 0 Å². The van der Waals surface area contributed by atoms with Crippen LogP contribution in [0, 0.1) is 0 Å². The van der Waals surface area contributed by atoms with Crippen LogP contribution in [-0.4, -0.2) is 40.7 Å². The zero-order valence-corrected chi connectivity index (χ0v) is 19.5. The highest BCUT2D eigenvalue weighted by Gasteiger charge is 2.30. The molecule has 8 heteroatoms. The first-order chi connectivity index (χ1) is 16.0.